The van der Waals surface area contributed by atoms with Crippen LogP contribution in [0.1, 0.15) is 9.75 Å². The van der Waals surface area contributed by atoms with Crippen molar-refractivity contribution in [3.8, 4) is 0 Å². The number of benzene rings is 1. The number of thiophene rings is 1. The van der Waals surface area contributed by atoms with E-state index < -0.39 is 0 Å². The molecular formula is C14H15N5S. The maximum Gasteiger partial charge on any atom is 0.239 e. The Labute approximate surface area is 120 Å². The Kier molecular flexibility index (Phi) is 3.49. The molecule has 0 amide bonds. The van der Waals surface area contributed by atoms with Gasteiger partial charge >= 0.3 is 0 Å². The predicted molar refractivity (Wildman–Crippen MR) is 83.7 cm³/mol. The summed E-state index contributed by atoms with van der Waals surface area (Å²) in [7, 11) is 0. The molecule has 1 aromatic carbocycles. The summed E-state index contributed by atoms with van der Waals surface area (Å²) in [4.78, 5) is 11.3. The van der Waals surface area contributed by atoms with E-state index in [9.17, 15) is 0 Å². The van der Waals surface area contributed by atoms with E-state index in [1.807, 2.05) is 24.3 Å². The molecule has 0 saturated heterocycles. The first-order chi connectivity index (χ1) is 9.76. The third kappa shape index (κ3) is 2.56. The molecule has 2 heterocycles. The van der Waals surface area contributed by atoms with Crippen molar-refractivity contribution in [2.24, 2.45) is 5.84 Å². The number of anilines is 2. The fraction of sp³-hybridized carbons (Fsp3) is 0.143. The van der Waals surface area contributed by atoms with Crippen LogP contribution >= 0.6 is 11.3 Å². The van der Waals surface area contributed by atoms with Gasteiger partial charge in [0.1, 0.15) is 5.82 Å². The molecule has 3 rings (SSSR count). The minimum Gasteiger partial charge on any atom is -0.364 e. The van der Waals surface area contributed by atoms with Crippen molar-refractivity contribution in [3.05, 3.63) is 46.2 Å². The van der Waals surface area contributed by atoms with Crippen molar-refractivity contribution in [3.63, 3.8) is 0 Å². The Bertz CT molecular complexity index is 737. The largest absolute Gasteiger partial charge is 0.364 e. The van der Waals surface area contributed by atoms with Crippen molar-refractivity contribution in [1.29, 1.82) is 0 Å². The molecule has 20 heavy (non-hydrogen) atoms. The summed E-state index contributed by atoms with van der Waals surface area (Å²) >= 11 is 1.78. The molecule has 0 spiro atoms. The molecule has 0 aliphatic heterocycles. The zero-order valence-corrected chi connectivity index (χ0v) is 11.9. The first kappa shape index (κ1) is 12.8. The lowest BCUT2D eigenvalue weighted by molar-refractivity contribution is 1.10. The number of hydrazine groups is 1. The third-order valence-corrected chi connectivity index (χ3v) is 3.96. The average molecular weight is 285 g/mol. The lowest BCUT2D eigenvalue weighted by Gasteiger charge is -2.09. The molecule has 0 atom stereocenters. The zero-order valence-electron chi connectivity index (χ0n) is 11.1. The minimum absolute atomic E-state index is 0.411. The monoisotopic (exact) mass is 285 g/mol. The number of rotatable bonds is 4. The van der Waals surface area contributed by atoms with Crippen LogP contribution in [0.2, 0.25) is 0 Å². The number of para-hydroxylation sites is 1. The van der Waals surface area contributed by atoms with Crippen LogP contribution in [0.3, 0.4) is 0 Å². The first-order valence-corrected chi connectivity index (χ1v) is 7.10. The van der Waals surface area contributed by atoms with Gasteiger partial charge in [-0.2, -0.15) is 4.98 Å². The van der Waals surface area contributed by atoms with Gasteiger partial charge < -0.3 is 5.32 Å². The molecule has 2 aromatic heterocycles. The van der Waals surface area contributed by atoms with E-state index in [0.717, 1.165) is 23.3 Å². The van der Waals surface area contributed by atoms with Crippen molar-refractivity contribution in [1.82, 2.24) is 9.97 Å². The van der Waals surface area contributed by atoms with Crippen LogP contribution in [0.15, 0.2) is 36.4 Å². The van der Waals surface area contributed by atoms with Gasteiger partial charge in [0.15, 0.2) is 0 Å². The van der Waals surface area contributed by atoms with Crippen LogP contribution in [0.5, 0.6) is 0 Å². The number of nitrogen functional groups attached to an aromatic ring is 1. The molecular weight excluding hydrogens is 270 g/mol. The van der Waals surface area contributed by atoms with Gasteiger partial charge in [-0.1, -0.05) is 12.1 Å². The second-order valence-electron chi connectivity index (χ2n) is 4.42. The van der Waals surface area contributed by atoms with E-state index in [1.165, 1.54) is 9.75 Å². The number of nitrogens with one attached hydrogen (secondary N) is 2. The van der Waals surface area contributed by atoms with Crippen LogP contribution in [0.4, 0.5) is 11.8 Å². The highest BCUT2D eigenvalue weighted by Gasteiger charge is 2.07. The minimum atomic E-state index is 0.411. The Hall–Kier alpha value is -2.18. The third-order valence-electron chi connectivity index (χ3n) is 2.96. The zero-order chi connectivity index (χ0) is 13.9. The lowest BCUT2D eigenvalue weighted by Crippen LogP contribution is -2.12. The van der Waals surface area contributed by atoms with Gasteiger partial charge in [0.25, 0.3) is 0 Å². The Morgan fingerprint density at radius 1 is 1.15 bits per heavy atom. The maximum absolute atomic E-state index is 5.42. The maximum atomic E-state index is 5.42. The van der Waals surface area contributed by atoms with E-state index in [4.69, 9.17) is 5.84 Å². The molecule has 0 saturated carbocycles. The van der Waals surface area contributed by atoms with Crippen molar-refractivity contribution in [2.75, 3.05) is 10.7 Å². The lowest BCUT2D eigenvalue weighted by atomic mass is 10.2. The van der Waals surface area contributed by atoms with Crippen LogP contribution in [-0.2, 0) is 6.54 Å². The van der Waals surface area contributed by atoms with Crippen molar-refractivity contribution < 1.29 is 0 Å². The smallest absolute Gasteiger partial charge is 0.239 e. The van der Waals surface area contributed by atoms with Crippen LogP contribution in [0.25, 0.3) is 10.9 Å². The summed E-state index contributed by atoms with van der Waals surface area (Å²) in [6.45, 7) is 2.84. The van der Waals surface area contributed by atoms with Gasteiger partial charge in [0.05, 0.1) is 12.1 Å². The number of nitrogens with two attached hydrogens (primary N) is 1. The summed E-state index contributed by atoms with van der Waals surface area (Å²) in [5.41, 5.74) is 3.36. The topological polar surface area (TPSA) is 75.9 Å². The summed E-state index contributed by atoms with van der Waals surface area (Å²) in [5, 5.41) is 4.34. The molecule has 0 radical (unpaired) electrons. The van der Waals surface area contributed by atoms with E-state index in [-0.39, 0.29) is 0 Å². The van der Waals surface area contributed by atoms with Gasteiger partial charge in [-0.15, -0.1) is 11.3 Å². The second kappa shape index (κ2) is 5.44. The fourth-order valence-corrected chi connectivity index (χ4v) is 2.86. The van der Waals surface area contributed by atoms with Gasteiger partial charge in [-0.25, -0.2) is 10.8 Å². The Morgan fingerprint density at radius 3 is 2.75 bits per heavy atom. The molecule has 0 aliphatic carbocycles. The highest BCUT2D eigenvalue weighted by molar-refractivity contribution is 7.11. The standard InChI is InChI=1S/C14H15N5S/c1-9-6-7-10(20-9)8-16-13-11-4-2-3-5-12(11)17-14(18-13)19-15/h2-7H,8,15H2,1H3,(H2,16,17,18,19). The quantitative estimate of drug-likeness (QED) is 0.507. The number of aromatic nitrogens is 2. The predicted octanol–water partition coefficient (Wildman–Crippen LogP) is 2.90. The summed E-state index contributed by atoms with van der Waals surface area (Å²) in [6.07, 6.45) is 0. The molecule has 3 aromatic rings. The summed E-state index contributed by atoms with van der Waals surface area (Å²) in [5.74, 6) is 6.62. The fourth-order valence-electron chi connectivity index (χ4n) is 2.03. The van der Waals surface area contributed by atoms with E-state index in [0.29, 0.717) is 5.95 Å². The van der Waals surface area contributed by atoms with E-state index >= 15 is 0 Å². The molecule has 4 N–H and O–H groups in total. The molecule has 0 fully saturated rings. The molecule has 0 unspecified atom stereocenters. The molecule has 5 nitrogen and oxygen atoms in total. The van der Waals surface area contributed by atoms with E-state index in [1.54, 1.807) is 11.3 Å². The summed E-state index contributed by atoms with van der Waals surface area (Å²) < 4.78 is 0. The number of nitrogens with zero attached hydrogens (tertiary/aromatic N) is 2. The number of hydrogen-bond donors (Lipinski definition) is 3. The van der Waals surface area contributed by atoms with Crippen LogP contribution in [-0.4, -0.2) is 9.97 Å². The molecule has 102 valence electrons. The van der Waals surface area contributed by atoms with Crippen LogP contribution in [0, 0.1) is 6.92 Å². The van der Waals surface area contributed by atoms with Gasteiger partial charge in [-0.05, 0) is 31.2 Å². The average Bonchev–Trinajstić information content (AvgIpc) is 2.90. The number of fused-ring (bicyclic) bond motifs is 1. The van der Waals surface area contributed by atoms with Gasteiger partial charge in [0.2, 0.25) is 5.95 Å². The normalized spacial score (nSPS) is 10.7. The SMILES string of the molecule is Cc1ccc(CNc2nc(NN)nc3ccccc23)s1. The first-order valence-electron chi connectivity index (χ1n) is 6.29. The number of aryl methyl sites for hydroxylation is 1. The molecule has 6 heteroatoms. The van der Waals surface area contributed by atoms with Gasteiger partial charge in [-0.3, -0.25) is 5.43 Å². The van der Waals surface area contributed by atoms with Crippen LogP contribution < -0.4 is 16.6 Å². The molecule has 0 bridgehead atoms. The molecule has 0 aliphatic rings. The Balaban J connectivity index is 1.93. The van der Waals surface area contributed by atoms with Crippen molar-refractivity contribution in [2.45, 2.75) is 13.5 Å². The number of hydrogen-bond acceptors (Lipinski definition) is 6. The highest BCUT2D eigenvalue weighted by Crippen LogP contribution is 2.23. The van der Waals surface area contributed by atoms with Gasteiger partial charge in [0, 0.05) is 15.1 Å². The highest BCUT2D eigenvalue weighted by atomic mass is 32.1. The second-order valence-corrected chi connectivity index (χ2v) is 5.80. The van der Waals surface area contributed by atoms with E-state index in [2.05, 4.69) is 39.8 Å². The Morgan fingerprint density at radius 2 is 2.00 bits per heavy atom. The summed E-state index contributed by atoms with van der Waals surface area (Å²) in [6, 6.07) is 12.1. The van der Waals surface area contributed by atoms with Crippen molar-refractivity contribution >= 4 is 34.0 Å².